The molecule has 1 aromatic carbocycles. The van der Waals surface area contributed by atoms with E-state index < -0.39 is 0 Å². The van der Waals surface area contributed by atoms with Crippen molar-refractivity contribution < 1.29 is 14.4 Å². The molecule has 36 heavy (non-hydrogen) atoms. The van der Waals surface area contributed by atoms with Crippen molar-refractivity contribution in [2.45, 2.75) is 101 Å². The molecule has 1 aromatic rings. The Morgan fingerprint density at radius 1 is 0.944 bits per heavy atom. The molecule has 0 bridgehead atoms. The SMILES string of the molecule is CCC(CC(=O)C(CC)C(C)(C)C1=CC(C)c2ccccc21)C(=O)/C(C)=C(/CC(C)C(C)=O)C(C)C. The molecule has 2 rings (SSSR count). The van der Waals surface area contributed by atoms with E-state index in [1.807, 2.05) is 20.8 Å². The van der Waals surface area contributed by atoms with Gasteiger partial charge in [0.25, 0.3) is 0 Å². The average molecular weight is 493 g/mol. The molecule has 3 heteroatoms. The van der Waals surface area contributed by atoms with E-state index in [-0.39, 0.29) is 52.9 Å². The van der Waals surface area contributed by atoms with Gasteiger partial charge in [0.15, 0.2) is 5.78 Å². The number of ketones is 3. The lowest BCUT2D eigenvalue weighted by Gasteiger charge is -2.35. The highest BCUT2D eigenvalue weighted by Crippen LogP contribution is 2.50. The standard InChI is InChI=1S/C33H48O3/c1-11-25(32(36)23(7)28(20(3)4)17-21(5)24(8)34)19-31(35)29(12-2)33(9,10)30-18-22(6)26-15-13-14-16-27(26)30/h13-16,18,20-22,25,29H,11-12,17,19H2,1-10H3/b28-23-. The molecule has 198 valence electrons. The minimum Gasteiger partial charge on any atom is -0.300 e. The maximum absolute atomic E-state index is 13.8. The van der Waals surface area contributed by atoms with Gasteiger partial charge in [-0.15, -0.1) is 0 Å². The molecule has 0 fully saturated rings. The average Bonchev–Trinajstić information content (AvgIpc) is 3.17. The van der Waals surface area contributed by atoms with Gasteiger partial charge in [0.2, 0.25) is 0 Å². The van der Waals surface area contributed by atoms with E-state index in [9.17, 15) is 14.4 Å². The van der Waals surface area contributed by atoms with Gasteiger partial charge in [0.05, 0.1) is 0 Å². The first-order valence-electron chi connectivity index (χ1n) is 13.9. The first-order chi connectivity index (χ1) is 16.8. The first-order valence-corrected chi connectivity index (χ1v) is 13.9. The molecule has 0 saturated carbocycles. The van der Waals surface area contributed by atoms with Gasteiger partial charge < -0.3 is 0 Å². The van der Waals surface area contributed by atoms with Crippen LogP contribution in [0, 0.1) is 29.1 Å². The fourth-order valence-electron chi connectivity index (χ4n) is 6.03. The maximum Gasteiger partial charge on any atom is 0.162 e. The Hall–Kier alpha value is -2.29. The van der Waals surface area contributed by atoms with E-state index in [1.165, 1.54) is 16.7 Å². The van der Waals surface area contributed by atoms with Crippen LogP contribution in [0.1, 0.15) is 112 Å². The molecule has 4 atom stereocenters. The zero-order valence-electron chi connectivity index (χ0n) is 24.3. The summed E-state index contributed by atoms with van der Waals surface area (Å²) in [7, 11) is 0. The van der Waals surface area contributed by atoms with Crippen LogP contribution in [0.25, 0.3) is 5.57 Å². The molecular weight excluding hydrogens is 444 g/mol. The molecule has 1 aliphatic carbocycles. The molecule has 0 heterocycles. The topological polar surface area (TPSA) is 51.2 Å². The zero-order chi connectivity index (χ0) is 27.4. The normalized spacial score (nSPS) is 18.8. The summed E-state index contributed by atoms with van der Waals surface area (Å²) in [6, 6.07) is 8.51. The first kappa shape index (κ1) is 29.9. The molecule has 0 amide bonds. The van der Waals surface area contributed by atoms with E-state index in [0.717, 1.165) is 17.6 Å². The number of hydrogen-bond donors (Lipinski definition) is 0. The van der Waals surface area contributed by atoms with Crippen LogP contribution < -0.4 is 0 Å². The predicted molar refractivity (Wildman–Crippen MR) is 151 cm³/mol. The van der Waals surface area contributed by atoms with Crippen molar-refractivity contribution in [2.75, 3.05) is 0 Å². The Kier molecular flexibility index (Phi) is 10.2. The van der Waals surface area contributed by atoms with Crippen LogP contribution in [0.4, 0.5) is 0 Å². The molecule has 0 aliphatic heterocycles. The van der Waals surface area contributed by atoms with Gasteiger partial charge in [-0.25, -0.2) is 0 Å². The number of carbonyl (C=O) groups excluding carboxylic acids is 3. The highest BCUT2D eigenvalue weighted by molar-refractivity contribution is 6.00. The van der Waals surface area contributed by atoms with Crippen LogP contribution >= 0.6 is 0 Å². The second kappa shape index (κ2) is 12.3. The lowest BCUT2D eigenvalue weighted by atomic mass is 9.67. The summed E-state index contributed by atoms with van der Waals surface area (Å²) in [5.41, 5.74) is 5.30. The fraction of sp³-hybridized carbons (Fsp3) is 0.606. The second-order valence-electron chi connectivity index (χ2n) is 11.8. The molecule has 3 nitrogen and oxygen atoms in total. The van der Waals surface area contributed by atoms with Gasteiger partial charge in [-0.2, -0.15) is 0 Å². The lowest BCUT2D eigenvalue weighted by molar-refractivity contribution is -0.130. The summed E-state index contributed by atoms with van der Waals surface area (Å²) in [5, 5.41) is 0. The molecule has 1 aliphatic rings. The van der Waals surface area contributed by atoms with Crippen molar-refractivity contribution in [3.05, 3.63) is 52.6 Å². The maximum atomic E-state index is 13.8. The van der Waals surface area contributed by atoms with Crippen molar-refractivity contribution >= 4 is 22.9 Å². The quantitative estimate of drug-likeness (QED) is 0.260. The molecule has 4 unspecified atom stereocenters. The Balaban J connectivity index is 2.31. The van der Waals surface area contributed by atoms with Crippen LogP contribution in [0.5, 0.6) is 0 Å². The highest BCUT2D eigenvalue weighted by Gasteiger charge is 2.41. The van der Waals surface area contributed by atoms with Crippen LogP contribution in [-0.2, 0) is 14.4 Å². The molecule has 0 spiro atoms. The van der Waals surface area contributed by atoms with Gasteiger partial charge >= 0.3 is 0 Å². The summed E-state index contributed by atoms with van der Waals surface area (Å²) < 4.78 is 0. The third kappa shape index (κ3) is 6.33. The highest BCUT2D eigenvalue weighted by atomic mass is 16.1. The van der Waals surface area contributed by atoms with Crippen molar-refractivity contribution in [3.63, 3.8) is 0 Å². The van der Waals surface area contributed by atoms with Gasteiger partial charge in [-0.1, -0.05) is 91.3 Å². The van der Waals surface area contributed by atoms with Crippen LogP contribution in [-0.4, -0.2) is 17.3 Å². The lowest BCUT2D eigenvalue weighted by Crippen LogP contribution is -2.34. The number of carbonyl (C=O) groups is 3. The fourth-order valence-corrected chi connectivity index (χ4v) is 6.03. The monoisotopic (exact) mass is 492 g/mol. The second-order valence-corrected chi connectivity index (χ2v) is 11.8. The van der Waals surface area contributed by atoms with Crippen LogP contribution in [0.15, 0.2) is 41.5 Å². The van der Waals surface area contributed by atoms with Gasteiger partial charge in [-0.05, 0) is 66.7 Å². The molecule has 0 radical (unpaired) electrons. The minimum absolute atomic E-state index is 0.0667. The third-order valence-electron chi connectivity index (χ3n) is 8.60. The van der Waals surface area contributed by atoms with Crippen molar-refractivity contribution in [3.8, 4) is 0 Å². The third-order valence-corrected chi connectivity index (χ3v) is 8.60. The summed E-state index contributed by atoms with van der Waals surface area (Å²) >= 11 is 0. The van der Waals surface area contributed by atoms with Gasteiger partial charge in [0.1, 0.15) is 11.6 Å². The summed E-state index contributed by atoms with van der Waals surface area (Å²) in [6.07, 6.45) is 4.57. The van der Waals surface area contributed by atoms with Crippen molar-refractivity contribution in [1.82, 2.24) is 0 Å². The molecule has 0 saturated heterocycles. The Morgan fingerprint density at radius 3 is 2.08 bits per heavy atom. The molecular formula is C33H48O3. The number of rotatable bonds is 13. The minimum atomic E-state index is -0.326. The van der Waals surface area contributed by atoms with Gasteiger partial charge in [0, 0.05) is 30.1 Å². The van der Waals surface area contributed by atoms with Gasteiger partial charge in [-0.3, -0.25) is 14.4 Å². The number of fused-ring (bicyclic) bond motifs is 1. The largest absolute Gasteiger partial charge is 0.300 e. The van der Waals surface area contributed by atoms with Crippen LogP contribution in [0.3, 0.4) is 0 Å². The number of Topliss-reactive ketones (excluding diaryl/α,β-unsaturated/α-hetero) is 3. The number of benzene rings is 1. The van der Waals surface area contributed by atoms with E-state index in [4.69, 9.17) is 0 Å². The van der Waals surface area contributed by atoms with Crippen LogP contribution in [0.2, 0.25) is 0 Å². The van der Waals surface area contributed by atoms with E-state index in [1.54, 1.807) is 6.92 Å². The smallest absolute Gasteiger partial charge is 0.162 e. The van der Waals surface area contributed by atoms with E-state index in [0.29, 0.717) is 18.8 Å². The Labute approximate surface area is 219 Å². The number of allylic oxidation sites excluding steroid dienone is 4. The van der Waals surface area contributed by atoms with Crippen molar-refractivity contribution in [1.29, 1.82) is 0 Å². The summed E-state index contributed by atoms with van der Waals surface area (Å²) in [5.74, 6) is 0.315. The summed E-state index contributed by atoms with van der Waals surface area (Å²) in [4.78, 5) is 39.3. The Bertz CT molecular complexity index is 1040. The molecule has 0 aromatic heterocycles. The summed E-state index contributed by atoms with van der Waals surface area (Å²) in [6.45, 7) is 20.3. The number of hydrogen-bond acceptors (Lipinski definition) is 3. The predicted octanol–water partition coefficient (Wildman–Crippen LogP) is 8.38. The van der Waals surface area contributed by atoms with E-state index >= 15 is 0 Å². The van der Waals surface area contributed by atoms with E-state index in [2.05, 4.69) is 71.9 Å². The Morgan fingerprint density at radius 2 is 1.56 bits per heavy atom. The molecule has 0 N–H and O–H groups in total. The zero-order valence-corrected chi connectivity index (χ0v) is 24.3. The van der Waals surface area contributed by atoms with Crippen molar-refractivity contribution in [2.24, 2.45) is 29.1 Å².